The van der Waals surface area contributed by atoms with Gasteiger partial charge in [0.2, 0.25) is 5.95 Å². The smallest absolute Gasteiger partial charge is 0.407 e. The van der Waals surface area contributed by atoms with Gasteiger partial charge in [-0.2, -0.15) is 9.61 Å². The Hall–Kier alpha value is -4.17. The number of hydrogen-bond acceptors (Lipinski definition) is 9. The third kappa shape index (κ3) is 5.70. The number of nitrogens with zero attached hydrogens (tertiary/aromatic N) is 4. The molecule has 0 saturated heterocycles. The number of aromatic nitrogens is 4. The van der Waals surface area contributed by atoms with Gasteiger partial charge in [-0.3, -0.25) is 4.98 Å². The first-order chi connectivity index (χ1) is 19.5. The first-order valence-electron chi connectivity index (χ1n) is 12.8. The van der Waals surface area contributed by atoms with E-state index in [2.05, 4.69) is 25.7 Å². The molecular weight excluding hydrogens is 556 g/mol. The molecule has 0 radical (unpaired) electrons. The molecule has 3 heterocycles. The van der Waals surface area contributed by atoms with Gasteiger partial charge < -0.3 is 21.1 Å². The number of ether oxygens (including phenoxy) is 1. The number of halogens is 2. The molecule has 41 heavy (non-hydrogen) atoms. The van der Waals surface area contributed by atoms with E-state index in [4.69, 9.17) is 10.5 Å². The van der Waals surface area contributed by atoms with Crippen LogP contribution in [-0.2, 0) is 14.6 Å². The zero-order valence-corrected chi connectivity index (χ0v) is 23.3. The van der Waals surface area contributed by atoms with Crippen molar-refractivity contribution >= 4 is 33.1 Å². The number of carbonyl (C=O) groups excluding carboxylic acids is 1. The number of pyridine rings is 1. The molecule has 4 N–H and O–H groups in total. The second-order valence-electron chi connectivity index (χ2n) is 10.2. The molecule has 5 rings (SSSR count). The topological polar surface area (TPSA) is 154 Å². The van der Waals surface area contributed by atoms with Crippen LogP contribution in [0, 0.1) is 17.6 Å². The summed E-state index contributed by atoms with van der Waals surface area (Å²) in [6, 6.07) is 5.93. The Labute approximate surface area is 235 Å². The van der Waals surface area contributed by atoms with E-state index in [-0.39, 0.29) is 35.6 Å². The fourth-order valence-electron chi connectivity index (χ4n) is 5.38. The molecule has 4 atom stereocenters. The van der Waals surface area contributed by atoms with E-state index < -0.39 is 38.0 Å². The predicted octanol–water partition coefficient (Wildman–Crippen LogP) is 3.78. The van der Waals surface area contributed by atoms with Gasteiger partial charge >= 0.3 is 6.09 Å². The normalized spacial score (nSPS) is 21.0. The molecule has 1 amide bonds. The molecule has 216 valence electrons. The van der Waals surface area contributed by atoms with Crippen molar-refractivity contribution in [2.24, 2.45) is 11.7 Å². The number of nitrogens with two attached hydrogens (primary N) is 1. The third-order valence-electron chi connectivity index (χ3n) is 7.38. The summed E-state index contributed by atoms with van der Waals surface area (Å²) in [5, 5.41) is 10.5. The van der Waals surface area contributed by atoms with E-state index >= 15 is 0 Å². The van der Waals surface area contributed by atoms with Gasteiger partial charge in [0, 0.05) is 24.5 Å². The minimum atomic E-state index is -3.81. The number of fused-ring (bicyclic) bond motifs is 1. The highest BCUT2D eigenvalue weighted by atomic mass is 32.2. The standard InChI is InChI=1S/C27H29F2N7O4S/c1-14-8-15(9-21(30)25(14)34-27(37)40-2)18-6-7-31-13-23(18)33-26-32-12-16-4-5-22(35-36(16)26)24-19(28)10-17(11-20(24)29)41(3,38)39/h4-7,10-15,21,25H,8-9,30H2,1-3H3,(H,32,33)(H,34,37)/t14-,15+,21+,25-/m0/s1. The maximum atomic E-state index is 14.9. The molecule has 3 aromatic heterocycles. The van der Waals surface area contributed by atoms with Crippen LogP contribution in [-0.4, -0.2) is 59.5 Å². The maximum absolute atomic E-state index is 14.9. The Morgan fingerprint density at radius 3 is 2.54 bits per heavy atom. The minimum absolute atomic E-state index is 0.0452. The summed E-state index contributed by atoms with van der Waals surface area (Å²) in [7, 11) is -2.50. The Morgan fingerprint density at radius 2 is 1.88 bits per heavy atom. The zero-order chi connectivity index (χ0) is 29.5. The molecule has 1 saturated carbocycles. The van der Waals surface area contributed by atoms with Gasteiger partial charge in [-0.15, -0.1) is 0 Å². The number of nitrogens with one attached hydrogen (secondary N) is 2. The van der Waals surface area contributed by atoms with E-state index in [9.17, 15) is 22.0 Å². The first-order valence-corrected chi connectivity index (χ1v) is 14.7. The van der Waals surface area contributed by atoms with Gasteiger partial charge in [-0.1, -0.05) is 6.92 Å². The summed E-state index contributed by atoms with van der Waals surface area (Å²) in [5.74, 6) is -1.71. The van der Waals surface area contributed by atoms with Crippen LogP contribution in [0.5, 0.6) is 0 Å². The number of rotatable bonds is 6. The van der Waals surface area contributed by atoms with Crippen LogP contribution in [0.3, 0.4) is 0 Å². The van der Waals surface area contributed by atoms with Crippen LogP contribution in [0.2, 0.25) is 0 Å². The molecule has 1 aliphatic rings. The Kier molecular flexibility index (Phi) is 7.62. The molecule has 1 fully saturated rings. The summed E-state index contributed by atoms with van der Waals surface area (Å²) in [5.41, 5.74) is 8.12. The van der Waals surface area contributed by atoms with Crippen LogP contribution < -0.4 is 16.4 Å². The maximum Gasteiger partial charge on any atom is 0.407 e. The number of methoxy groups -OCH3 is 1. The van der Waals surface area contributed by atoms with Crippen LogP contribution >= 0.6 is 0 Å². The van der Waals surface area contributed by atoms with E-state index in [1.54, 1.807) is 24.7 Å². The lowest BCUT2D eigenvalue weighted by Gasteiger charge is -2.39. The Morgan fingerprint density at radius 1 is 1.15 bits per heavy atom. The van der Waals surface area contributed by atoms with Gasteiger partial charge in [0.05, 0.1) is 46.9 Å². The highest BCUT2D eigenvalue weighted by Gasteiger charge is 2.36. The van der Waals surface area contributed by atoms with Crippen LogP contribution in [0.15, 0.2) is 53.8 Å². The number of carbonyl (C=O) groups is 1. The molecule has 0 spiro atoms. The van der Waals surface area contributed by atoms with Crippen molar-refractivity contribution in [3.8, 4) is 11.3 Å². The van der Waals surface area contributed by atoms with Crippen molar-refractivity contribution in [3.05, 3.63) is 66.1 Å². The molecular formula is C27H29F2N7O4S. The average Bonchev–Trinajstić information content (AvgIpc) is 3.31. The van der Waals surface area contributed by atoms with E-state index in [1.807, 2.05) is 13.0 Å². The van der Waals surface area contributed by atoms with Crippen LogP contribution in [0.1, 0.15) is 31.2 Å². The quantitative estimate of drug-likeness (QED) is 0.307. The van der Waals surface area contributed by atoms with Gasteiger partial charge in [-0.05, 0) is 60.6 Å². The molecule has 4 aromatic rings. The second-order valence-corrected chi connectivity index (χ2v) is 12.2. The Bertz CT molecular complexity index is 1690. The van der Waals surface area contributed by atoms with Gasteiger partial charge in [0.1, 0.15) is 11.6 Å². The second kappa shape index (κ2) is 11.0. The van der Waals surface area contributed by atoms with Crippen molar-refractivity contribution in [1.82, 2.24) is 24.9 Å². The summed E-state index contributed by atoms with van der Waals surface area (Å²) < 4.78 is 59.5. The predicted molar refractivity (Wildman–Crippen MR) is 147 cm³/mol. The number of imidazole rings is 1. The summed E-state index contributed by atoms with van der Waals surface area (Å²) in [6.07, 6.45) is 6.58. The molecule has 0 aliphatic heterocycles. The van der Waals surface area contributed by atoms with Crippen LogP contribution in [0.4, 0.5) is 25.2 Å². The van der Waals surface area contributed by atoms with Crippen molar-refractivity contribution in [2.75, 3.05) is 18.7 Å². The molecule has 14 heteroatoms. The molecule has 1 aliphatic carbocycles. The number of anilines is 2. The minimum Gasteiger partial charge on any atom is -0.453 e. The first kappa shape index (κ1) is 28.4. The third-order valence-corrected chi connectivity index (χ3v) is 8.47. The van der Waals surface area contributed by atoms with Crippen molar-refractivity contribution in [1.29, 1.82) is 0 Å². The molecule has 11 nitrogen and oxygen atoms in total. The van der Waals surface area contributed by atoms with E-state index in [1.165, 1.54) is 17.7 Å². The highest BCUT2D eigenvalue weighted by molar-refractivity contribution is 7.90. The SMILES string of the molecule is COC(=O)N[C@@H]1[C@H](N)C[C@H](c2ccncc2Nc2ncc3ccc(-c4c(F)cc(S(C)(=O)=O)cc4F)nn23)C[C@@H]1C. The lowest BCUT2D eigenvalue weighted by molar-refractivity contribution is 0.149. The zero-order valence-electron chi connectivity index (χ0n) is 22.5. The number of amides is 1. The summed E-state index contributed by atoms with van der Waals surface area (Å²) in [6.45, 7) is 2.02. The lowest BCUT2D eigenvalue weighted by atomic mass is 9.73. The van der Waals surface area contributed by atoms with Crippen molar-refractivity contribution in [2.45, 2.75) is 42.7 Å². The average molecular weight is 586 g/mol. The van der Waals surface area contributed by atoms with Crippen LogP contribution in [0.25, 0.3) is 16.8 Å². The molecule has 0 unspecified atom stereocenters. The lowest BCUT2D eigenvalue weighted by Crippen LogP contribution is -2.54. The van der Waals surface area contributed by atoms with Gasteiger partial charge in [0.15, 0.2) is 9.84 Å². The molecule has 0 bridgehead atoms. The van der Waals surface area contributed by atoms with Crippen molar-refractivity contribution < 1.29 is 26.7 Å². The number of sulfone groups is 1. The summed E-state index contributed by atoms with van der Waals surface area (Å²) >= 11 is 0. The number of benzene rings is 1. The van der Waals surface area contributed by atoms with Gasteiger partial charge in [0.25, 0.3) is 0 Å². The number of hydrogen-bond donors (Lipinski definition) is 3. The van der Waals surface area contributed by atoms with Crippen molar-refractivity contribution in [3.63, 3.8) is 0 Å². The largest absolute Gasteiger partial charge is 0.453 e. The fourth-order valence-corrected chi connectivity index (χ4v) is 6.02. The van der Waals surface area contributed by atoms with E-state index in [0.717, 1.165) is 30.4 Å². The van der Waals surface area contributed by atoms with Gasteiger partial charge in [-0.25, -0.2) is 27.0 Å². The monoisotopic (exact) mass is 585 g/mol. The highest BCUT2D eigenvalue weighted by Crippen LogP contribution is 2.39. The van der Waals surface area contributed by atoms with E-state index in [0.29, 0.717) is 17.6 Å². The number of alkyl carbamates (subject to hydrolysis) is 1. The summed E-state index contributed by atoms with van der Waals surface area (Å²) in [4.78, 5) is 20.0. The fraction of sp³-hybridized carbons (Fsp3) is 0.333. The Balaban J connectivity index is 1.45. The molecule has 1 aromatic carbocycles.